The molecule has 0 aromatic rings. The number of nitrogens with two attached hydrogens (primary N) is 1. The van der Waals surface area contributed by atoms with Crippen LogP contribution in [0.25, 0.3) is 0 Å². The molecule has 23 heteroatoms. The Morgan fingerprint density at radius 2 is 1.48 bits per heavy atom. The minimum atomic E-state index is -4.88. The molecule has 1 amide bonds. The van der Waals surface area contributed by atoms with Gasteiger partial charge in [0.1, 0.15) is 18.6 Å². The van der Waals surface area contributed by atoms with E-state index in [-0.39, 0.29) is 31.3 Å². The maximum absolute atomic E-state index is 13.0. The van der Waals surface area contributed by atoms with E-state index in [1.54, 1.807) is 0 Å². The van der Waals surface area contributed by atoms with Crippen LogP contribution in [0.5, 0.6) is 0 Å². The predicted octanol–water partition coefficient (Wildman–Crippen LogP) is -3.18. The number of azo groups is 1. The number of amides is 1. The Hall–Kier alpha value is -2.00. The average Bonchev–Trinajstić information content (AvgIpc) is 3.04. The number of carboxylic acid groups (broad SMARTS) is 1. The van der Waals surface area contributed by atoms with Crippen molar-refractivity contribution in [1.82, 2.24) is 36.6 Å². The van der Waals surface area contributed by atoms with Gasteiger partial charge in [0.15, 0.2) is 6.35 Å². The maximum Gasteiger partial charge on any atom is 0.333 e. The third-order valence-electron chi connectivity index (χ3n) is 10.9. The summed E-state index contributed by atoms with van der Waals surface area (Å²) in [7, 11) is -9.26. The zero-order valence-corrected chi connectivity index (χ0v) is 29.0. The second kappa shape index (κ2) is 16.8. The predicted molar refractivity (Wildman–Crippen MR) is 174 cm³/mol. The molecule has 0 radical (unpaired) electrons. The molecule has 0 aromatic heterocycles. The largest absolute Gasteiger partial charge is 0.481 e. The normalized spacial score (nSPS) is 41.7. The molecule has 4 aliphatic carbocycles. The molecule has 1 saturated heterocycles. The molecule has 0 aromatic carbocycles. The molecule has 0 spiro atoms. The molecule has 1 aliphatic heterocycles. The van der Waals surface area contributed by atoms with Crippen LogP contribution in [-0.2, 0) is 34.3 Å². The Morgan fingerprint density at radius 1 is 0.840 bits per heavy atom. The van der Waals surface area contributed by atoms with Crippen LogP contribution in [0.2, 0.25) is 0 Å². The van der Waals surface area contributed by atoms with E-state index >= 15 is 0 Å². The monoisotopic (exact) mass is 754 g/mol. The van der Waals surface area contributed by atoms with Crippen LogP contribution in [0.15, 0.2) is 10.2 Å². The summed E-state index contributed by atoms with van der Waals surface area (Å²) in [6.45, 7) is 0. The van der Waals surface area contributed by atoms with Gasteiger partial charge < -0.3 is 20.6 Å². The van der Waals surface area contributed by atoms with Crippen molar-refractivity contribution in [3.63, 3.8) is 0 Å². The van der Waals surface area contributed by atoms with E-state index in [1.165, 1.54) is 0 Å². The van der Waals surface area contributed by atoms with E-state index in [9.17, 15) is 46.3 Å². The van der Waals surface area contributed by atoms with Gasteiger partial charge in [0, 0.05) is 24.0 Å². The quantitative estimate of drug-likeness (QED) is 0.0382. The first kappa shape index (κ1) is 39.2. The van der Waals surface area contributed by atoms with Crippen molar-refractivity contribution in [2.45, 2.75) is 137 Å². The Morgan fingerprint density at radius 3 is 2.12 bits per heavy atom. The number of aliphatic hydroxyl groups excluding tert-OH is 2. The zero-order valence-electron chi connectivity index (χ0n) is 27.4. The highest BCUT2D eigenvalue weighted by Crippen LogP contribution is 2.45. The van der Waals surface area contributed by atoms with Gasteiger partial charge >= 0.3 is 16.3 Å². The van der Waals surface area contributed by atoms with E-state index < -0.39 is 98.6 Å². The van der Waals surface area contributed by atoms with Gasteiger partial charge in [-0.15, -0.1) is 0 Å². The number of nitrogens with zero attached hydrogens (tertiary/aromatic N) is 2. The Balaban J connectivity index is 1.40. The SMILES string of the molecule is NOS(=O)(=O)C1CCC(NC2NC(O)NC(NC3CCCCC3NC=O)N2)C2C(O)C(N=NC3CCCCC3C(=O)O)C(NS(=O)(=O)O)CC21. The molecule has 14 unspecified atom stereocenters. The van der Waals surface area contributed by atoms with Crippen LogP contribution >= 0.6 is 0 Å². The third kappa shape index (κ3) is 9.50. The average molecular weight is 755 g/mol. The number of hydrogen-bond donors (Lipinski definition) is 12. The summed E-state index contributed by atoms with van der Waals surface area (Å²) in [4.78, 5) is 23.1. The Bertz CT molecular complexity index is 1430. The molecule has 21 nitrogen and oxygen atoms in total. The van der Waals surface area contributed by atoms with Crippen LogP contribution in [0, 0.1) is 17.8 Å². The number of nitrogens with one attached hydrogen (secondary N) is 7. The van der Waals surface area contributed by atoms with E-state index in [1.807, 2.05) is 0 Å². The van der Waals surface area contributed by atoms with Crippen molar-refractivity contribution in [3.05, 3.63) is 0 Å². The molecular formula is C27H50N10O11S2. The van der Waals surface area contributed by atoms with E-state index in [0.717, 1.165) is 25.7 Å². The number of aliphatic hydroxyl groups is 2. The number of fused-ring (bicyclic) bond motifs is 1. The highest BCUT2D eigenvalue weighted by molar-refractivity contribution is 7.87. The van der Waals surface area contributed by atoms with Crippen molar-refractivity contribution in [3.8, 4) is 0 Å². The fourth-order valence-electron chi connectivity index (χ4n) is 8.64. The van der Waals surface area contributed by atoms with E-state index in [2.05, 4.69) is 51.1 Å². The first-order valence-corrected chi connectivity index (χ1v) is 20.0. The summed E-state index contributed by atoms with van der Waals surface area (Å²) in [5.74, 6) is 1.40. The highest BCUT2D eigenvalue weighted by atomic mass is 32.2. The van der Waals surface area contributed by atoms with Gasteiger partial charge in [-0.2, -0.15) is 42.0 Å². The minimum Gasteiger partial charge on any atom is -0.481 e. The second-order valence-corrected chi connectivity index (χ2v) is 16.8. The molecule has 1 heterocycles. The Kier molecular flexibility index (Phi) is 13.2. The lowest BCUT2D eigenvalue weighted by Gasteiger charge is -2.52. The first-order chi connectivity index (χ1) is 23.7. The molecule has 286 valence electrons. The van der Waals surface area contributed by atoms with Crippen LogP contribution in [0.1, 0.15) is 70.6 Å². The fraction of sp³-hybridized carbons (Fsp3) is 0.926. The van der Waals surface area contributed by atoms with Gasteiger partial charge in [0.2, 0.25) is 6.41 Å². The molecule has 5 fully saturated rings. The smallest absolute Gasteiger partial charge is 0.333 e. The number of aliphatic carboxylic acids is 1. The van der Waals surface area contributed by atoms with Gasteiger partial charge in [-0.3, -0.25) is 40.7 Å². The standard InChI is InChI=1S/C27H50N10O11S2/c28-48-49(43,44)20-10-9-18(31-26-32-25(33-27(42)34-26)30-17-8-4-3-7-16(17)29-12-38)21-14(20)11-19(37-50(45,46)47)22(23(21)39)36-35-15-6-2-1-5-13(15)24(40)41/h12-23,25-27,30-34,37,39,42H,1-11,28H2,(H,29,38)(H,40,41)(H,45,46,47). The molecule has 0 bridgehead atoms. The number of hydrogen-bond acceptors (Lipinski definition) is 17. The van der Waals surface area contributed by atoms with Crippen molar-refractivity contribution in [2.75, 3.05) is 0 Å². The molecule has 5 aliphatic rings. The van der Waals surface area contributed by atoms with Crippen LogP contribution in [0.3, 0.4) is 0 Å². The van der Waals surface area contributed by atoms with Gasteiger partial charge in [-0.05, 0) is 50.9 Å². The zero-order chi connectivity index (χ0) is 36.2. The number of carboxylic acids is 1. The van der Waals surface area contributed by atoms with E-state index in [4.69, 9.17) is 5.90 Å². The van der Waals surface area contributed by atoms with Crippen LogP contribution in [0.4, 0.5) is 0 Å². The summed E-state index contributed by atoms with van der Waals surface area (Å²) >= 11 is 0. The fourth-order valence-corrected chi connectivity index (χ4v) is 10.5. The van der Waals surface area contributed by atoms with E-state index in [0.29, 0.717) is 32.1 Å². The highest BCUT2D eigenvalue weighted by Gasteiger charge is 2.56. The van der Waals surface area contributed by atoms with Crippen LogP contribution < -0.4 is 42.5 Å². The lowest BCUT2D eigenvalue weighted by molar-refractivity contribution is -0.143. The Labute approximate surface area is 290 Å². The van der Waals surface area contributed by atoms with Gasteiger partial charge in [-0.1, -0.05) is 25.7 Å². The summed E-state index contributed by atoms with van der Waals surface area (Å²) in [5, 5.41) is 58.3. The first-order valence-electron chi connectivity index (χ1n) is 17.1. The number of rotatable bonds is 13. The van der Waals surface area contributed by atoms with Gasteiger partial charge in [0.05, 0.1) is 29.4 Å². The minimum absolute atomic E-state index is 0.00848. The lowest BCUT2D eigenvalue weighted by Crippen LogP contribution is -2.77. The van der Waals surface area contributed by atoms with Crippen LogP contribution in [-0.4, -0.2) is 116 Å². The summed E-state index contributed by atoms with van der Waals surface area (Å²) < 4.78 is 66.3. The summed E-state index contributed by atoms with van der Waals surface area (Å²) in [6.07, 6.45) is 2.10. The topological polar surface area (TPSA) is 328 Å². The molecule has 13 N–H and O–H groups in total. The third-order valence-corrected chi connectivity index (χ3v) is 13.1. The summed E-state index contributed by atoms with van der Waals surface area (Å²) in [6, 6.07) is -4.24. The molecule has 5 rings (SSSR count). The molecule has 14 atom stereocenters. The van der Waals surface area contributed by atoms with Crippen molar-refractivity contribution >= 4 is 32.8 Å². The number of carbonyl (C=O) groups excluding carboxylic acids is 1. The molecule has 50 heavy (non-hydrogen) atoms. The number of carbonyl (C=O) groups is 2. The van der Waals surface area contributed by atoms with Crippen molar-refractivity contribution in [1.29, 1.82) is 0 Å². The van der Waals surface area contributed by atoms with Gasteiger partial charge in [-0.25, -0.2) is 0 Å². The van der Waals surface area contributed by atoms with Crippen molar-refractivity contribution < 1.29 is 50.6 Å². The maximum atomic E-state index is 13.0. The lowest BCUT2D eigenvalue weighted by atomic mass is 9.64. The van der Waals surface area contributed by atoms with Crippen molar-refractivity contribution in [2.24, 2.45) is 33.9 Å². The summed E-state index contributed by atoms with van der Waals surface area (Å²) in [5.41, 5.74) is 0. The van der Waals surface area contributed by atoms with Gasteiger partial charge in [0.25, 0.3) is 10.1 Å². The molecule has 4 saturated carbocycles. The second-order valence-electron chi connectivity index (χ2n) is 13.9. The molecular weight excluding hydrogens is 704 g/mol.